The molecule has 0 saturated heterocycles. The molecule has 1 amide bonds. The highest BCUT2D eigenvalue weighted by Gasteiger charge is 2.08. The van der Waals surface area contributed by atoms with Crippen LogP contribution < -0.4 is 9.64 Å². The third kappa shape index (κ3) is 2.93. The number of carbonyl (C=O) groups excluding carboxylic acids is 1. The predicted octanol–water partition coefficient (Wildman–Crippen LogP) is 2.36. The highest BCUT2D eigenvalue weighted by Crippen LogP contribution is 2.22. The van der Waals surface area contributed by atoms with Crippen LogP contribution in [0, 0.1) is 0 Å². The van der Waals surface area contributed by atoms with E-state index in [0.29, 0.717) is 5.88 Å². The highest BCUT2D eigenvalue weighted by atomic mass is 16.6. The number of rotatable bonds is 2. The van der Waals surface area contributed by atoms with Crippen molar-refractivity contribution in [2.24, 2.45) is 0 Å². The summed E-state index contributed by atoms with van der Waals surface area (Å²) in [4.78, 5) is 19.1. The molecule has 0 aliphatic heterocycles. The largest absolute Gasteiger partial charge is 0.416 e. The van der Waals surface area contributed by atoms with Crippen LogP contribution in [0.4, 0.5) is 10.5 Å². The van der Waals surface area contributed by atoms with Gasteiger partial charge in [-0.3, -0.25) is 0 Å². The number of ether oxygens (including phenoxy) is 1. The van der Waals surface area contributed by atoms with Gasteiger partial charge in [-0.1, -0.05) is 0 Å². The molecule has 0 aliphatic rings. The van der Waals surface area contributed by atoms with E-state index in [-0.39, 0.29) is 0 Å². The summed E-state index contributed by atoms with van der Waals surface area (Å²) in [6.07, 6.45) is -0.434. The first-order valence-corrected chi connectivity index (χ1v) is 5.94. The average molecular weight is 259 g/mol. The predicted molar refractivity (Wildman–Crippen MR) is 75.8 cm³/mol. The molecule has 0 bridgehead atoms. The van der Waals surface area contributed by atoms with Gasteiger partial charge in [-0.15, -0.1) is 0 Å². The van der Waals surface area contributed by atoms with Crippen LogP contribution in [0.3, 0.4) is 0 Å². The lowest BCUT2D eigenvalue weighted by atomic mass is 10.2. The maximum Gasteiger partial charge on any atom is 0.416 e. The first-order valence-electron chi connectivity index (χ1n) is 5.94. The van der Waals surface area contributed by atoms with Crippen LogP contribution in [0.2, 0.25) is 0 Å². The summed E-state index contributed by atoms with van der Waals surface area (Å²) >= 11 is 0. The van der Waals surface area contributed by atoms with Crippen molar-refractivity contribution in [3.05, 3.63) is 30.3 Å². The molecule has 0 radical (unpaired) electrons. The molecule has 19 heavy (non-hydrogen) atoms. The van der Waals surface area contributed by atoms with Gasteiger partial charge in [-0.05, 0) is 24.3 Å². The number of aromatic nitrogens is 1. The molecule has 5 heteroatoms. The van der Waals surface area contributed by atoms with Gasteiger partial charge in [-0.25, -0.2) is 9.78 Å². The zero-order chi connectivity index (χ0) is 14.0. The minimum absolute atomic E-state index is 0.309. The Labute approximate surface area is 112 Å². The summed E-state index contributed by atoms with van der Waals surface area (Å²) in [5.41, 5.74) is 1.90. The number of anilines is 1. The molecule has 0 atom stereocenters. The molecule has 1 heterocycles. The quantitative estimate of drug-likeness (QED) is 0.830. The molecular weight excluding hydrogens is 242 g/mol. The summed E-state index contributed by atoms with van der Waals surface area (Å²) in [5.74, 6) is 0.309. The van der Waals surface area contributed by atoms with Crippen LogP contribution >= 0.6 is 0 Å². The van der Waals surface area contributed by atoms with Crippen LogP contribution in [-0.2, 0) is 0 Å². The molecule has 0 aliphatic carbocycles. The standard InChI is InChI=1S/C14H17N3O2/c1-16(2)11-6-7-12-10(9-11)5-8-13(15-12)19-14(18)17(3)4/h5-9H,1-4H3. The van der Waals surface area contributed by atoms with E-state index >= 15 is 0 Å². The third-order valence-electron chi connectivity index (χ3n) is 2.72. The Morgan fingerprint density at radius 2 is 1.84 bits per heavy atom. The number of benzene rings is 1. The van der Waals surface area contributed by atoms with Crippen molar-refractivity contribution in [2.75, 3.05) is 33.1 Å². The molecule has 0 fully saturated rings. The van der Waals surface area contributed by atoms with Crippen LogP contribution in [0.1, 0.15) is 0 Å². The highest BCUT2D eigenvalue weighted by molar-refractivity contribution is 5.83. The number of hydrogen-bond donors (Lipinski definition) is 0. The Bertz CT molecular complexity index is 609. The molecule has 1 aromatic heterocycles. The Morgan fingerprint density at radius 3 is 2.47 bits per heavy atom. The maximum absolute atomic E-state index is 11.4. The number of pyridine rings is 1. The molecule has 5 nitrogen and oxygen atoms in total. The maximum atomic E-state index is 11.4. The molecule has 100 valence electrons. The van der Waals surface area contributed by atoms with E-state index in [9.17, 15) is 4.79 Å². The zero-order valence-electron chi connectivity index (χ0n) is 11.5. The topological polar surface area (TPSA) is 45.7 Å². The second-order valence-electron chi connectivity index (χ2n) is 4.68. The van der Waals surface area contributed by atoms with E-state index in [2.05, 4.69) is 4.98 Å². The van der Waals surface area contributed by atoms with E-state index < -0.39 is 6.09 Å². The molecule has 2 aromatic rings. The van der Waals surface area contributed by atoms with Gasteiger partial charge in [0, 0.05) is 45.3 Å². The lowest BCUT2D eigenvalue weighted by Crippen LogP contribution is -2.25. The normalized spacial score (nSPS) is 10.3. The van der Waals surface area contributed by atoms with Gasteiger partial charge in [0.1, 0.15) is 0 Å². The Hall–Kier alpha value is -2.30. The first-order chi connectivity index (χ1) is 8.97. The van der Waals surface area contributed by atoms with Crippen LogP contribution in [-0.4, -0.2) is 44.2 Å². The fraction of sp³-hybridized carbons (Fsp3) is 0.286. The summed E-state index contributed by atoms with van der Waals surface area (Å²) < 4.78 is 5.13. The smallest absolute Gasteiger partial charge is 0.391 e. The minimum Gasteiger partial charge on any atom is -0.391 e. The Kier molecular flexibility index (Phi) is 3.55. The van der Waals surface area contributed by atoms with Crippen LogP contribution in [0.25, 0.3) is 10.9 Å². The average Bonchev–Trinajstić information content (AvgIpc) is 2.37. The van der Waals surface area contributed by atoms with Gasteiger partial charge in [0.2, 0.25) is 5.88 Å². The first kappa shape index (κ1) is 13.1. The summed E-state index contributed by atoms with van der Waals surface area (Å²) in [6.45, 7) is 0. The van der Waals surface area contributed by atoms with E-state index in [4.69, 9.17) is 4.74 Å². The van der Waals surface area contributed by atoms with Gasteiger partial charge in [0.15, 0.2) is 0 Å². The fourth-order valence-corrected chi connectivity index (χ4v) is 1.61. The molecule has 0 saturated carbocycles. The molecule has 2 rings (SSSR count). The van der Waals surface area contributed by atoms with Crippen molar-refractivity contribution in [1.82, 2.24) is 9.88 Å². The van der Waals surface area contributed by atoms with Crippen molar-refractivity contribution in [3.63, 3.8) is 0 Å². The van der Waals surface area contributed by atoms with E-state index in [1.165, 1.54) is 4.90 Å². The van der Waals surface area contributed by atoms with Crippen molar-refractivity contribution in [2.45, 2.75) is 0 Å². The summed E-state index contributed by atoms with van der Waals surface area (Å²) in [5, 5.41) is 1.01. The lowest BCUT2D eigenvalue weighted by Gasteiger charge is -2.13. The SMILES string of the molecule is CN(C)C(=O)Oc1ccc2cc(N(C)C)ccc2n1. The van der Waals surface area contributed by atoms with Crippen molar-refractivity contribution >= 4 is 22.7 Å². The van der Waals surface area contributed by atoms with Gasteiger partial charge < -0.3 is 14.5 Å². The fourth-order valence-electron chi connectivity index (χ4n) is 1.61. The number of carbonyl (C=O) groups is 1. The lowest BCUT2D eigenvalue weighted by molar-refractivity contribution is 0.170. The van der Waals surface area contributed by atoms with E-state index in [1.54, 1.807) is 20.2 Å². The van der Waals surface area contributed by atoms with Gasteiger partial charge >= 0.3 is 6.09 Å². The number of nitrogens with zero attached hydrogens (tertiary/aromatic N) is 3. The van der Waals surface area contributed by atoms with Gasteiger partial charge in [0.25, 0.3) is 0 Å². The monoisotopic (exact) mass is 259 g/mol. The van der Waals surface area contributed by atoms with Crippen LogP contribution in [0.15, 0.2) is 30.3 Å². The number of amides is 1. The Morgan fingerprint density at radius 1 is 1.11 bits per heavy atom. The zero-order valence-corrected chi connectivity index (χ0v) is 11.5. The van der Waals surface area contributed by atoms with Gasteiger partial charge in [-0.2, -0.15) is 0 Å². The molecule has 0 N–H and O–H groups in total. The van der Waals surface area contributed by atoms with Crippen molar-refractivity contribution < 1.29 is 9.53 Å². The summed E-state index contributed by atoms with van der Waals surface area (Å²) in [6, 6.07) is 9.53. The Balaban J connectivity index is 2.31. The number of hydrogen-bond acceptors (Lipinski definition) is 4. The van der Waals surface area contributed by atoms with Crippen molar-refractivity contribution in [1.29, 1.82) is 0 Å². The molecule has 1 aromatic carbocycles. The third-order valence-corrected chi connectivity index (χ3v) is 2.72. The number of fused-ring (bicyclic) bond motifs is 1. The van der Waals surface area contributed by atoms with Crippen LogP contribution in [0.5, 0.6) is 5.88 Å². The van der Waals surface area contributed by atoms with E-state index in [0.717, 1.165) is 16.6 Å². The second kappa shape index (κ2) is 5.14. The van der Waals surface area contributed by atoms with E-state index in [1.807, 2.05) is 43.3 Å². The molecule has 0 spiro atoms. The molecular formula is C14H17N3O2. The second-order valence-corrected chi connectivity index (χ2v) is 4.68. The molecule has 0 unspecified atom stereocenters. The van der Waals surface area contributed by atoms with Crippen molar-refractivity contribution in [3.8, 4) is 5.88 Å². The van der Waals surface area contributed by atoms with Gasteiger partial charge in [0.05, 0.1) is 5.52 Å². The summed E-state index contributed by atoms with van der Waals surface area (Å²) in [7, 11) is 7.24. The minimum atomic E-state index is -0.434.